The van der Waals surface area contributed by atoms with E-state index in [0.29, 0.717) is 0 Å². The molecule has 2 aliphatic rings. The molecule has 4 nitrogen and oxygen atoms in total. The minimum atomic E-state index is 0.818. The SMILES string of the molecule is CC.CC.CC(C)CN1CCNCC1.CCC(C)CN1CCNCC1. The summed E-state index contributed by atoms with van der Waals surface area (Å²) in [7, 11) is 0. The Hall–Kier alpha value is -0.160. The highest BCUT2D eigenvalue weighted by Crippen LogP contribution is 2.04. The molecule has 2 aliphatic heterocycles. The summed E-state index contributed by atoms with van der Waals surface area (Å²) in [5.41, 5.74) is 0. The van der Waals surface area contributed by atoms with Crippen molar-refractivity contribution in [1.82, 2.24) is 20.4 Å². The highest BCUT2D eigenvalue weighted by molar-refractivity contribution is 4.69. The molecule has 4 heteroatoms. The molecule has 2 saturated heterocycles. The summed E-state index contributed by atoms with van der Waals surface area (Å²) in [5.74, 6) is 1.69. The van der Waals surface area contributed by atoms with E-state index < -0.39 is 0 Å². The molecule has 0 aromatic rings. The first-order valence-corrected chi connectivity index (χ1v) is 11.0. The molecule has 0 amide bonds. The zero-order chi connectivity index (χ0) is 19.5. The highest BCUT2D eigenvalue weighted by Gasteiger charge is 2.11. The molecule has 0 aromatic heterocycles. The molecule has 0 aliphatic carbocycles. The molecule has 1 unspecified atom stereocenters. The summed E-state index contributed by atoms with van der Waals surface area (Å²) in [6.45, 7) is 29.4. The summed E-state index contributed by atoms with van der Waals surface area (Å²) >= 11 is 0. The Morgan fingerprint density at radius 1 is 0.680 bits per heavy atom. The van der Waals surface area contributed by atoms with Crippen molar-refractivity contribution in [2.45, 2.75) is 61.8 Å². The van der Waals surface area contributed by atoms with Gasteiger partial charge in [-0.2, -0.15) is 0 Å². The average molecular weight is 359 g/mol. The van der Waals surface area contributed by atoms with Gasteiger partial charge in [0.05, 0.1) is 0 Å². The van der Waals surface area contributed by atoms with Gasteiger partial charge < -0.3 is 20.4 Å². The molecule has 0 bridgehead atoms. The van der Waals surface area contributed by atoms with Crippen LogP contribution in [0.5, 0.6) is 0 Å². The fourth-order valence-corrected chi connectivity index (χ4v) is 2.87. The van der Waals surface area contributed by atoms with E-state index in [0.717, 1.165) is 11.8 Å². The number of piperazine rings is 2. The Labute approximate surface area is 160 Å². The van der Waals surface area contributed by atoms with Crippen molar-refractivity contribution in [2.75, 3.05) is 65.4 Å². The van der Waals surface area contributed by atoms with E-state index in [4.69, 9.17) is 0 Å². The van der Waals surface area contributed by atoms with Crippen LogP contribution in [0.1, 0.15) is 61.8 Å². The van der Waals surface area contributed by atoms with Crippen molar-refractivity contribution >= 4 is 0 Å². The van der Waals surface area contributed by atoms with E-state index in [9.17, 15) is 0 Å². The van der Waals surface area contributed by atoms with Crippen LogP contribution >= 0.6 is 0 Å². The van der Waals surface area contributed by atoms with Gasteiger partial charge in [-0.1, -0.05) is 61.8 Å². The van der Waals surface area contributed by atoms with Gasteiger partial charge in [-0.15, -0.1) is 0 Å². The van der Waals surface area contributed by atoms with Crippen LogP contribution in [0.2, 0.25) is 0 Å². The molecule has 2 rings (SSSR count). The van der Waals surface area contributed by atoms with Gasteiger partial charge >= 0.3 is 0 Å². The van der Waals surface area contributed by atoms with Crippen LogP contribution in [0.15, 0.2) is 0 Å². The van der Waals surface area contributed by atoms with Crippen LogP contribution in [0.25, 0.3) is 0 Å². The Kier molecular flexibility index (Phi) is 21.8. The van der Waals surface area contributed by atoms with Crippen LogP contribution in [0.4, 0.5) is 0 Å². The topological polar surface area (TPSA) is 30.5 Å². The standard InChI is InChI=1S/C9H20N2.C8H18N2.2C2H6/c1-3-9(2)8-11-6-4-10-5-7-11;1-8(2)7-10-5-3-9-4-6-10;2*1-2/h9-10H,3-8H2,1-2H3;8-9H,3-7H2,1-2H3;2*1-2H3. The van der Waals surface area contributed by atoms with Crippen molar-refractivity contribution in [1.29, 1.82) is 0 Å². The fourth-order valence-electron chi connectivity index (χ4n) is 2.87. The molecule has 0 spiro atoms. The molecule has 25 heavy (non-hydrogen) atoms. The summed E-state index contributed by atoms with van der Waals surface area (Å²) in [6.07, 6.45) is 1.31. The lowest BCUT2D eigenvalue weighted by atomic mass is 10.1. The lowest BCUT2D eigenvalue weighted by molar-refractivity contribution is 0.209. The molecular weight excluding hydrogens is 308 g/mol. The van der Waals surface area contributed by atoms with Gasteiger partial charge in [-0.3, -0.25) is 0 Å². The Morgan fingerprint density at radius 2 is 1.04 bits per heavy atom. The van der Waals surface area contributed by atoms with Gasteiger partial charge in [-0.05, 0) is 11.8 Å². The van der Waals surface area contributed by atoms with Crippen molar-refractivity contribution < 1.29 is 0 Å². The summed E-state index contributed by atoms with van der Waals surface area (Å²) < 4.78 is 0. The molecule has 0 aromatic carbocycles. The molecule has 1 atom stereocenters. The van der Waals surface area contributed by atoms with E-state index in [1.165, 1.54) is 71.9 Å². The third-order valence-electron chi connectivity index (χ3n) is 4.31. The zero-order valence-electron chi connectivity index (χ0n) is 18.8. The summed E-state index contributed by atoms with van der Waals surface area (Å²) in [6, 6.07) is 0. The lowest BCUT2D eigenvalue weighted by Gasteiger charge is -2.29. The van der Waals surface area contributed by atoms with Crippen LogP contribution < -0.4 is 10.6 Å². The van der Waals surface area contributed by atoms with E-state index >= 15 is 0 Å². The third-order valence-corrected chi connectivity index (χ3v) is 4.31. The molecular formula is C21H50N4. The maximum atomic E-state index is 3.36. The monoisotopic (exact) mass is 358 g/mol. The lowest BCUT2D eigenvalue weighted by Crippen LogP contribution is -2.44. The Bertz CT molecular complexity index is 234. The second kappa shape index (κ2) is 20.2. The van der Waals surface area contributed by atoms with Gasteiger partial charge in [0.1, 0.15) is 0 Å². The van der Waals surface area contributed by atoms with Gasteiger partial charge in [0.15, 0.2) is 0 Å². The van der Waals surface area contributed by atoms with Crippen LogP contribution in [0.3, 0.4) is 0 Å². The molecule has 154 valence electrons. The normalized spacial score (nSPS) is 19.6. The van der Waals surface area contributed by atoms with Crippen molar-refractivity contribution in [3.8, 4) is 0 Å². The van der Waals surface area contributed by atoms with Crippen molar-refractivity contribution in [3.63, 3.8) is 0 Å². The van der Waals surface area contributed by atoms with Crippen LogP contribution in [-0.2, 0) is 0 Å². The maximum absolute atomic E-state index is 3.36. The first-order chi connectivity index (χ1) is 12.1. The minimum Gasteiger partial charge on any atom is -0.314 e. The largest absolute Gasteiger partial charge is 0.314 e. The third kappa shape index (κ3) is 17.0. The van der Waals surface area contributed by atoms with E-state index in [2.05, 4.69) is 48.1 Å². The minimum absolute atomic E-state index is 0.818. The second-order valence-electron chi connectivity index (χ2n) is 7.01. The van der Waals surface area contributed by atoms with Crippen LogP contribution in [0, 0.1) is 11.8 Å². The first kappa shape index (κ1) is 27.1. The fraction of sp³-hybridized carbons (Fsp3) is 1.00. The first-order valence-electron chi connectivity index (χ1n) is 11.0. The predicted octanol–water partition coefficient (Wildman–Crippen LogP) is 3.54. The average Bonchev–Trinajstić information content (AvgIpc) is 2.66. The van der Waals surface area contributed by atoms with Crippen molar-refractivity contribution in [3.05, 3.63) is 0 Å². The summed E-state index contributed by atoms with van der Waals surface area (Å²) in [5, 5.41) is 6.71. The van der Waals surface area contributed by atoms with E-state index in [1.807, 2.05) is 27.7 Å². The van der Waals surface area contributed by atoms with Gasteiger partial charge in [0, 0.05) is 65.4 Å². The number of hydrogen-bond acceptors (Lipinski definition) is 4. The molecule has 0 saturated carbocycles. The second-order valence-corrected chi connectivity index (χ2v) is 7.01. The van der Waals surface area contributed by atoms with E-state index in [1.54, 1.807) is 0 Å². The molecule has 2 heterocycles. The predicted molar refractivity (Wildman–Crippen MR) is 116 cm³/mol. The van der Waals surface area contributed by atoms with E-state index in [-0.39, 0.29) is 0 Å². The number of nitrogens with zero attached hydrogens (tertiary/aromatic N) is 2. The quantitative estimate of drug-likeness (QED) is 0.787. The van der Waals surface area contributed by atoms with Gasteiger partial charge in [0.25, 0.3) is 0 Å². The smallest absolute Gasteiger partial charge is 0.0107 e. The maximum Gasteiger partial charge on any atom is 0.0107 e. The zero-order valence-corrected chi connectivity index (χ0v) is 18.8. The number of nitrogens with one attached hydrogen (secondary N) is 2. The number of hydrogen-bond donors (Lipinski definition) is 2. The molecule has 2 fully saturated rings. The molecule has 2 N–H and O–H groups in total. The number of rotatable bonds is 5. The Balaban J connectivity index is 0. The van der Waals surface area contributed by atoms with Crippen LogP contribution in [-0.4, -0.2) is 75.2 Å². The summed E-state index contributed by atoms with van der Waals surface area (Å²) in [4.78, 5) is 5.09. The van der Waals surface area contributed by atoms with Gasteiger partial charge in [-0.25, -0.2) is 0 Å². The van der Waals surface area contributed by atoms with Crippen molar-refractivity contribution in [2.24, 2.45) is 11.8 Å². The van der Waals surface area contributed by atoms with Gasteiger partial charge in [0.2, 0.25) is 0 Å². The molecule has 0 radical (unpaired) electrons. The highest BCUT2D eigenvalue weighted by atomic mass is 15.2. The Morgan fingerprint density at radius 3 is 1.36 bits per heavy atom.